The summed E-state index contributed by atoms with van der Waals surface area (Å²) in [4.78, 5) is 12.1. The van der Waals surface area contributed by atoms with Crippen LogP contribution in [-0.2, 0) is 4.79 Å². The number of nitrogens with one attached hydrogen (secondary N) is 1. The lowest BCUT2D eigenvalue weighted by Gasteiger charge is -2.24. The Balaban J connectivity index is 2.64. The van der Waals surface area contributed by atoms with Crippen LogP contribution in [0.5, 0.6) is 0 Å². The molecule has 1 saturated carbocycles. The van der Waals surface area contributed by atoms with E-state index in [2.05, 4.69) is 17.4 Å². The first-order chi connectivity index (χ1) is 7.97. The molecule has 1 aliphatic carbocycles. The minimum Gasteiger partial charge on any atom is -0.409 e. The SMILES string of the molecule is CC(C)C(NC(=O)C1CCCC1C)C(N)=NO. The number of carbonyl (C=O) groups excluding carboxylic acids is 1. The van der Waals surface area contributed by atoms with Crippen LogP contribution in [0.2, 0.25) is 0 Å². The summed E-state index contributed by atoms with van der Waals surface area (Å²) in [5.41, 5.74) is 5.59. The predicted molar refractivity (Wildman–Crippen MR) is 66.7 cm³/mol. The molecule has 0 spiro atoms. The van der Waals surface area contributed by atoms with Gasteiger partial charge >= 0.3 is 0 Å². The summed E-state index contributed by atoms with van der Waals surface area (Å²) in [7, 11) is 0. The van der Waals surface area contributed by atoms with Crippen LogP contribution < -0.4 is 11.1 Å². The molecule has 5 heteroatoms. The maximum absolute atomic E-state index is 12.1. The van der Waals surface area contributed by atoms with Gasteiger partial charge in [0, 0.05) is 5.92 Å². The van der Waals surface area contributed by atoms with E-state index in [9.17, 15) is 4.79 Å². The number of hydrogen-bond acceptors (Lipinski definition) is 3. The van der Waals surface area contributed by atoms with Crippen LogP contribution in [0.3, 0.4) is 0 Å². The second-order valence-corrected chi connectivity index (χ2v) is 5.27. The van der Waals surface area contributed by atoms with Crippen molar-refractivity contribution in [3.05, 3.63) is 0 Å². The third-order valence-corrected chi connectivity index (χ3v) is 3.60. The molecule has 4 N–H and O–H groups in total. The number of rotatable bonds is 4. The van der Waals surface area contributed by atoms with Gasteiger partial charge in [-0.1, -0.05) is 32.3 Å². The molecule has 0 radical (unpaired) electrons. The highest BCUT2D eigenvalue weighted by molar-refractivity contribution is 5.90. The fourth-order valence-electron chi connectivity index (χ4n) is 2.44. The summed E-state index contributed by atoms with van der Waals surface area (Å²) >= 11 is 0. The molecule has 17 heavy (non-hydrogen) atoms. The van der Waals surface area contributed by atoms with Crippen molar-refractivity contribution in [3.63, 3.8) is 0 Å². The Bertz CT molecular complexity index is 302. The lowest BCUT2D eigenvalue weighted by molar-refractivity contribution is -0.126. The zero-order chi connectivity index (χ0) is 13.0. The standard InChI is InChI=1S/C12H23N3O2/c1-7(2)10(11(13)15-17)14-12(16)9-6-4-5-8(9)3/h7-10,17H,4-6H2,1-3H3,(H2,13,15)(H,14,16). The van der Waals surface area contributed by atoms with Gasteiger partial charge in [-0.05, 0) is 24.7 Å². The topological polar surface area (TPSA) is 87.7 Å². The number of hydrogen-bond donors (Lipinski definition) is 3. The fraction of sp³-hybridized carbons (Fsp3) is 0.833. The Labute approximate surface area is 102 Å². The van der Waals surface area contributed by atoms with Crippen LogP contribution in [0.4, 0.5) is 0 Å². The molecule has 1 amide bonds. The lowest BCUT2D eigenvalue weighted by atomic mass is 9.95. The summed E-state index contributed by atoms with van der Waals surface area (Å²) in [5, 5.41) is 14.6. The van der Waals surface area contributed by atoms with Gasteiger partial charge in [-0.15, -0.1) is 0 Å². The number of oxime groups is 1. The Morgan fingerprint density at radius 3 is 2.53 bits per heavy atom. The molecule has 5 nitrogen and oxygen atoms in total. The van der Waals surface area contributed by atoms with E-state index in [1.165, 1.54) is 0 Å². The molecule has 0 saturated heterocycles. The predicted octanol–water partition coefficient (Wildman–Crippen LogP) is 1.31. The quantitative estimate of drug-likeness (QED) is 0.300. The monoisotopic (exact) mass is 241 g/mol. The normalized spacial score (nSPS) is 27.2. The van der Waals surface area contributed by atoms with E-state index >= 15 is 0 Å². The highest BCUT2D eigenvalue weighted by Gasteiger charge is 2.32. The van der Waals surface area contributed by atoms with Crippen molar-refractivity contribution in [1.29, 1.82) is 0 Å². The van der Waals surface area contributed by atoms with E-state index in [1.807, 2.05) is 13.8 Å². The average molecular weight is 241 g/mol. The minimum atomic E-state index is -0.389. The lowest BCUT2D eigenvalue weighted by Crippen LogP contribution is -2.49. The van der Waals surface area contributed by atoms with Crippen LogP contribution in [0.25, 0.3) is 0 Å². The van der Waals surface area contributed by atoms with Gasteiger partial charge in [0.05, 0.1) is 6.04 Å². The first-order valence-electron chi connectivity index (χ1n) is 6.25. The molecule has 98 valence electrons. The van der Waals surface area contributed by atoms with Gasteiger partial charge in [0.25, 0.3) is 0 Å². The number of amides is 1. The molecule has 0 aromatic heterocycles. The zero-order valence-electron chi connectivity index (χ0n) is 10.8. The van der Waals surface area contributed by atoms with E-state index in [0.717, 1.165) is 19.3 Å². The van der Waals surface area contributed by atoms with Crippen LogP contribution in [-0.4, -0.2) is 23.0 Å². The first kappa shape index (κ1) is 13.8. The molecule has 1 fully saturated rings. The minimum absolute atomic E-state index is 0.0281. The third kappa shape index (κ3) is 3.35. The molecule has 3 atom stereocenters. The Morgan fingerprint density at radius 1 is 1.47 bits per heavy atom. The van der Waals surface area contributed by atoms with Crippen molar-refractivity contribution in [1.82, 2.24) is 5.32 Å². The second kappa shape index (κ2) is 5.89. The van der Waals surface area contributed by atoms with Gasteiger partial charge in [0.15, 0.2) is 5.84 Å². The Kier molecular flexibility index (Phi) is 4.78. The number of carbonyl (C=O) groups is 1. The van der Waals surface area contributed by atoms with E-state index in [1.54, 1.807) is 0 Å². The summed E-state index contributed by atoms with van der Waals surface area (Å²) in [6.07, 6.45) is 3.15. The zero-order valence-corrected chi connectivity index (χ0v) is 10.8. The fourth-order valence-corrected chi connectivity index (χ4v) is 2.44. The van der Waals surface area contributed by atoms with Gasteiger partial charge in [-0.3, -0.25) is 4.79 Å². The van der Waals surface area contributed by atoms with Crippen molar-refractivity contribution in [2.24, 2.45) is 28.6 Å². The average Bonchev–Trinajstić information content (AvgIpc) is 2.70. The van der Waals surface area contributed by atoms with E-state index in [-0.39, 0.29) is 29.6 Å². The Hall–Kier alpha value is -1.26. The van der Waals surface area contributed by atoms with Gasteiger partial charge in [-0.2, -0.15) is 0 Å². The van der Waals surface area contributed by atoms with Gasteiger partial charge in [0.1, 0.15) is 0 Å². The maximum Gasteiger partial charge on any atom is 0.223 e. The number of amidine groups is 1. The first-order valence-corrected chi connectivity index (χ1v) is 6.25. The maximum atomic E-state index is 12.1. The van der Waals surface area contributed by atoms with Gasteiger partial charge in [-0.25, -0.2) is 0 Å². The smallest absolute Gasteiger partial charge is 0.223 e. The van der Waals surface area contributed by atoms with Crippen molar-refractivity contribution < 1.29 is 10.0 Å². The molecular formula is C12H23N3O2. The summed E-state index contributed by atoms with van der Waals surface area (Å²) in [6.45, 7) is 5.97. The summed E-state index contributed by atoms with van der Waals surface area (Å²) in [6, 6.07) is -0.389. The highest BCUT2D eigenvalue weighted by atomic mass is 16.4. The molecule has 0 heterocycles. The van der Waals surface area contributed by atoms with E-state index in [0.29, 0.717) is 5.92 Å². The molecule has 0 aromatic carbocycles. The van der Waals surface area contributed by atoms with Crippen molar-refractivity contribution in [2.45, 2.75) is 46.1 Å². The Morgan fingerprint density at radius 2 is 2.12 bits per heavy atom. The third-order valence-electron chi connectivity index (χ3n) is 3.60. The highest BCUT2D eigenvalue weighted by Crippen LogP contribution is 2.31. The largest absolute Gasteiger partial charge is 0.409 e. The molecule has 0 aromatic rings. The molecule has 3 unspecified atom stereocenters. The molecule has 0 bridgehead atoms. The van der Waals surface area contributed by atoms with Gasteiger partial charge < -0.3 is 16.3 Å². The summed E-state index contributed by atoms with van der Waals surface area (Å²) < 4.78 is 0. The molecule has 1 aliphatic rings. The number of nitrogens with zero attached hydrogens (tertiary/aromatic N) is 1. The number of nitrogens with two attached hydrogens (primary N) is 1. The van der Waals surface area contributed by atoms with E-state index in [4.69, 9.17) is 10.9 Å². The van der Waals surface area contributed by atoms with Crippen LogP contribution in [0.1, 0.15) is 40.0 Å². The van der Waals surface area contributed by atoms with Crippen molar-refractivity contribution >= 4 is 11.7 Å². The molecular weight excluding hydrogens is 218 g/mol. The molecule has 1 rings (SSSR count). The van der Waals surface area contributed by atoms with Gasteiger partial charge in [0.2, 0.25) is 5.91 Å². The summed E-state index contributed by atoms with van der Waals surface area (Å²) in [5.74, 6) is 0.698. The van der Waals surface area contributed by atoms with Crippen LogP contribution >= 0.6 is 0 Å². The van der Waals surface area contributed by atoms with Crippen LogP contribution in [0.15, 0.2) is 5.16 Å². The van der Waals surface area contributed by atoms with Crippen molar-refractivity contribution in [3.8, 4) is 0 Å². The van der Waals surface area contributed by atoms with E-state index < -0.39 is 0 Å². The molecule has 0 aliphatic heterocycles. The van der Waals surface area contributed by atoms with Crippen LogP contribution in [0, 0.1) is 17.8 Å². The second-order valence-electron chi connectivity index (χ2n) is 5.27. The van der Waals surface area contributed by atoms with Crippen molar-refractivity contribution in [2.75, 3.05) is 0 Å².